The molecular weight excluding hydrogens is 282 g/mol. The number of methoxy groups -OCH3 is 1. The van der Waals surface area contributed by atoms with Crippen molar-refractivity contribution < 1.29 is 4.74 Å². The Bertz CT molecular complexity index is 496. The summed E-state index contributed by atoms with van der Waals surface area (Å²) >= 11 is 1.98. The number of fused-ring (bicyclic) bond motifs is 2. The molecule has 2 fully saturated rings. The van der Waals surface area contributed by atoms with Gasteiger partial charge in [0.05, 0.1) is 17.8 Å². The molecule has 0 amide bonds. The number of ether oxygens (including phenoxy) is 1. The van der Waals surface area contributed by atoms with Crippen LogP contribution in [0.3, 0.4) is 0 Å². The van der Waals surface area contributed by atoms with Gasteiger partial charge in [0.2, 0.25) is 0 Å². The number of hydrogen-bond acceptors (Lipinski definition) is 5. The third-order valence-electron chi connectivity index (χ3n) is 5.45. The van der Waals surface area contributed by atoms with Gasteiger partial charge < -0.3 is 10.1 Å². The molecule has 4 rings (SSSR count). The van der Waals surface area contributed by atoms with Crippen LogP contribution >= 0.6 is 11.3 Å². The van der Waals surface area contributed by atoms with Crippen LogP contribution in [0.1, 0.15) is 41.3 Å². The lowest BCUT2D eigenvalue weighted by Crippen LogP contribution is -2.51. The highest BCUT2D eigenvalue weighted by Gasteiger charge is 2.52. The standard InChI is InChI=1S/C16H25N3OS/c1-20-11-8-17-16(7-10-19-9-3-6-14(16)19)15-18-12-4-2-5-13(12)21-15/h14,17H,2-11H2,1H3. The first kappa shape index (κ1) is 14.1. The van der Waals surface area contributed by atoms with E-state index in [1.54, 1.807) is 12.0 Å². The first-order valence-electron chi connectivity index (χ1n) is 8.30. The summed E-state index contributed by atoms with van der Waals surface area (Å²) in [5.41, 5.74) is 1.48. The molecule has 0 radical (unpaired) electrons. The molecule has 2 saturated heterocycles. The fourth-order valence-electron chi connectivity index (χ4n) is 4.43. The van der Waals surface area contributed by atoms with Crippen LogP contribution in [0.4, 0.5) is 0 Å². The summed E-state index contributed by atoms with van der Waals surface area (Å²) in [5.74, 6) is 0. The molecular formula is C16H25N3OS. The Hall–Kier alpha value is -0.490. The molecule has 2 aliphatic heterocycles. The van der Waals surface area contributed by atoms with Crippen molar-refractivity contribution in [3.05, 3.63) is 15.6 Å². The van der Waals surface area contributed by atoms with Gasteiger partial charge in [0.25, 0.3) is 0 Å². The summed E-state index contributed by atoms with van der Waals surface area (Å²) in [6.07, 6.45) is 7.58. The van der Waals surface area contributed by atoms with E-state index >= 15 is 0 Å². The van der Waals surface area contributed by atoms with E-state index in [-0.39, 0.29) is 5.54 Å². The van der Waals surface area contributed by atoms with Crippen LogP contribution in [0.5, 0.6) is 0 Å². The zero-order valence-corrected chi connectivity index (χ0v) is 13.7. The normalized spacial score (nSPS) is 31.8. The van der Waals surface area contributed by atoms with Gasteiger partial charge in [-0.25, -0.2) is 4.98 Å². The van der Waals surface area contributed by atoms with Crippen LogP contribution in [0.25, 0.3) is 0 Å². The third-order valence-corrected chi connectivity index (χ3v) is 6.78. The van der Waals surface area contributed by atoms with Crippen molar-refractivity contribution in [2.45, 2.75) is 50.1 Å². The predicted molar refractivity (Wildman–Crippen MR) is 84.9 cm³/mol. The Morgan fingerprint density at radius 1 is 1.38 bits per heavy atom. The minimum absolute atomic E-state index is 0.0873. The molecule has 5 heteroatoms. The van der Waals surface area contributed by atoms with Gasteiger partial charge in [-0.15, -0.1) is 11.3 Å². The maximum Gasteiger partial charge on any atom is 0.115 e. The van der Waals surface area contributed by atoms with Crippen molar-refractivity contribution in [3.8, 4) is 0 Å². The Morgan fingerprint density at radius 3 is 3.19 bits per heavy atom. The number of nitrogens with one attached hydrogen (secondary N) is 1. The van der Waals surface area contributed by atoms with E-state index in [1.165, 1.54) is 62.3 Å². The zero-order valence-electron chi connectivity index (χ0n) is 12.9. The Kier molecular flexibility index (Phi) is 3.78. The summed E-state index contributed by atoms with van der Waals surface area (Å²) in [6.45, 7) is 4.18. The second kappa shape index (κ2) is 5.61. The minimum Gasteiger partial charge on any atom is -0.383 e. The molecule has 116 valence electrons. The van der Waals surface area contributed by atoms with E-state index in [1.807, 2.05) is 11.3 Å². The van der Waals surface area contributed by atoms with E-state index in [4.69, 9.17) is 9.72 Å². The van der Waals surface area contributed by atoms with E-state index in [0.29, 0.717) is 6.04 Å². The molecule has 1 aromatic heterocycles. The first-order chi connectivity index (χ1) is 10.3. The fraction of sp³-hybridized carbons (Fsp3) is 0.812. The smallest absolute Gasteiger partial charge is 0.115 e. The average Bonchev–Trinajstić information content (AvgIpc) is 3.19. The van der Waals surface area contributed by atoms with Crippen LogP contribution in [0.2, 0.25) is 0 Å². The van der Waals surface area contributed by atoms with Crippen molar-refractivity contribution in [1.82, 2.24) is 15.2 Å². The molecule has 21 heavy (non-hydrogen) atoms. The molecule has 1 aliphatic carbocycles. The molecule has 2 atom stereocenters. The molecule has 2 unspecified atom stereocenters. The van der Waals surface area contributed by atoms with Crippen molar-refractivity contribution in [3.63, 3.8) is 0 Å². The largest absolute Gasteiger partial charge is 0.383 e. The Labute approximate surface area is 130 Å². The van der Waals surface area contributed by atoms with Crippen LogP contribution in [0.15, 0.2) is 0 Å². The molecule has 1 aromatic rings. The number of rotatable bonds is 5. The number of nitrogens with zero attached hydrogens (tertiary/aromatic N) is 2. The quantitative estimate of drug-likeness (QED) is 0.844. The monoisotopic (exact) mass is 307 g/mol. The lowest BCUT2D eigenvalue weighted by atomic mass is 9.89. The highest BCUT2D eigenvalue weighted by atomic mass is 32.1. The minimum atomic E-state index is 0.0873. The van der Waals surface area contributed by atoms with Crippen LogP contribution in [0, 0.1) is 0 Å². The van der Waals surface area contributed by atoms with Crippen molar-refractivity contribution in [1.29, 1.82) is 0 Å². The topological polar surface area (TPSA) is 37.4 Å². The van der Waals surface area contributed by atoms with E-state index in [9.17, 15) is 0 Å². The summed E-state index contributed by atoms with van der Waals surface area (Å²) < 4.78 is 5.26. The van der Waals surface area contributed by atoms with E-state index in [0.717, 1.165) is 13.2 Å². The second-order valence-electron chi connectivity index (χ2n) is 6.58. The van der Waals surface area contributed by atoms with Crippen molar-refractivity contribution in [2.75, 3.05) is 33.4 Å². The van der Waals surface area contributed by atoms with Gasteiger partial charge in [-0.2, -0.15) is 0 Å². The average molecular weight is 307 g/mol. The van der Waals surface area contributed by atoms with Gasteiger partial charge in [0, 0.05) is 31.1 Å². The highest BCUT2D eigenvalue weighted by Crippen LogP contribution is 2.45. The summed E-state index contributed by atoms with van der Waals surface area (Å²) in [6, 6.07) is 0.639. The third kappa shape index (κ3) is 2.25. The lowest BCUT2D eigenvalue weighted by Gasteiger charge is -2.34. The zero-order chi connectivity index (χ0) is 14.3. The SMILES string of the molecule is COCCNC1(c2nc3c(s2)CCC3)CCN2CCCC21. The van der Waals surface area contributed by atoms with E-state index < -0.39 is 0 Å². The molecule has 0 saturated carbocycles. The van der Waals surface area contributed by atoms with Crippen molar-refractivity contribution >= 4 is 11.3 Å². The molecule has 1 N–H and O–H groups in total. The summed E-state index contributed by atoms with van der Waals surface area (Å²) in [4.78, 5) is 9.30. The number of thiazole rings is 1. The van der Waals surface area contributed by atoms with Crippen LogP contribution < -0.4 is 5.32 Å². The molecule has 4 nitrogen and oxygen atoms in total. The van der Waals surface area contributed by atoms with Crippen LogP contribution in [-0.2, 0) is 23.1 Å². The maximum absolute atomic E-state index is 5.26. The summed E-state index contributed by atoms with van der Waals surface area (Å²) in [5, 5.41) is 5.21. The van der Waals surface area contributed by atoms with Gasteiger partial charge in [-0.1, -0.05) is 0 Å². The molecule has 3 heterocycles. The Balaban J connectivity index is 1.65. The molecule has 0 bridgehead atoms. The predicted octanol–water partition coefficient (Wildman–Crippen LogP) is 1.93. The van der Waals surface area contributed by atoms with Crippen molar-refractivity contribution in [2.24, 2.45) is 0 Å². The van der Waals surface area contributed by atoms with Crippen LogP contribution in [-0.4, -0.2) is 49.3 Å². The number of aryl methyl sites for hydroxylation is 2. The van der Waals surface area contributed by atoms with Gasteiger partial charge in [0.15, 0.2) is 0 Å². The van der Waals surface area contributed by atoms with E-state index in [2.05, 4.69) is 10.2 Å². The fourth-order valence-corrected chi connectivity index (χ4v) is 5.82. The summed E-state index contributed by atoms with van der Waals surface area (Å²) in [7, 11) is 1.78. The Morgan fingerprint density at radius 2 is 2.33 bits per heavy atom. The lowest BCUT2D eigenvalue weighted by molar-refractivity contribution is 0.168. The molecule has 3 aliphatic rings. The maximum atomic E-state index is 5.26. The van der Waals surface area contributed by atoms with Gasteiger partial charge in [-0.3, -0.25) is 4.90 Å². The van der Waals surface area contributed by atoms with Gasteiger partial charge >= 0.3 is 0 Å². The number of aromatic nitrogens is 1. The highest BCUT2D eigenvalue weighted by molar-refractivity contribution is 7.12. The van der Waals surface area contributed by atoms with Gasteiger partial charge in [-0.05, 0) is 45.1 Å². The molecule has 0 spiro atoms. The number of hydrogen-bond donors (Lipinski definition) is 1. The second-order valence-corrected chi connectivity index (χ2v) is 7.66. The molecule has 0 aromatic carbocycles. The first-order valence-corrected chi connectivity index (χ1v) is 9.12. The van der Waals surface area contributed by atoms with Gasteiger partial charge in [0.1, 0.15) is 5.01 Å².